The Morgan fingerprint density at radius 3 is 2.77 bits per heavy atom. The number of pyridine rings is 2. The molecule has 1 aliphatic rings. The molecule has 4 rings (SSSR count). The highest BCUT2D eigenvalue weighted by Crippen LogP contribution is 2.29. The maximum absolute atomic E-state index is 12.9. The van der Waals surface area contributed by atoms with E-state index in [1.54, 1.807) is 23.0 Å². The van der Waals surface area contributed by atoms with Crippen molar-refractivity contribution in [2.45, 2.75) is 44.6 Å². The fraction of sp³-hybridized carbons (Fsp3) is 0.350. The molecule has 0 radical (unpaired) electrons. The van der Waals surface area contributed by atoms with E-state index in [-0.39, 0.29) is 17.3 Å². The number of aromatic nitrogens is 5. The molecule has 0 spiro atoms. The van der Waals surface area contributed by atoms with Crippen molar-refractivity contribution in [3.05, 3.63) is 76.0 Å². The second kappa shape index (κ2) is 8.32. The Labute approximate surface area is 174 Å². The van der Waals surface area contributed by atoms with Crippen LogP contribution in [0.4, 0.5) is 13.2 Å². The molecule has 0 aliphatic carbocycles. The van der Waals surface area contributed by atoms with Crippen molar-refractivity contribution in [2.24, 2.45) is 0 Å². The van der Waals surface area contributed by atoms with Gasteiger partial charge < -0.3 is 5.32 Å². The first-order chi connectivity index (χ1) is 14.8. The average molecular weight is 432 g/mol. The van der Waals surface area contributed by atoms with E-state index in [1.807, 2.05) is 6.07 Å². The Balaban J connectivity index is 1.42. The third kappa shape index (κ3) is 4.65. The molecular weight excluding hydrogens is 413 g/mol. The number of carbonyl (C=O) groups is 1. The lowest BCUT2D eigenvalue weighted by atomic mass is 10.1. The second-order valence-electron chi connectivity index (χ2n) is 7.33. The van der Waals surface area contributed by atoms with E-state index >= 15 is 0 Å². The van der Waals surface area contributed by atoms with E-state index in [9.17, 15) is 22.8 Å². The zero-order valence-corrected chi connectivity index (χ0v) is 16.3. The lowest BCUT2D eigenvalue weighted by molar-refractivity contribution is -0.137. The fourth-order valence-electron chi connectivity index (χ4n) is 3.53. The van der Waals surface area contributed by atoms with Gasteiger partial charge in [-0.2, -0.15) is 18.3 Å². The molecule has 1 atom stereocenters. The predicted molar refractivity (Wildman–Crippen MR) is 103 cm³/mol. The largest absolute Gasteiger partial charge is 0.417 e. The van der Waals surface area contributed by atoms with Crippen LogP contribution >= 0.6 is 0 Å². The first-order valence-corrected chi connectivity index (χ1v) is 9.70. The number of hydrogen-bond acceptors (Lipinski definition) is 5. The summed E-state index contributed by atoms with van der Waals surface area (Å²) in [7, 11) is 0. The molecule has 0 fully saturated rings. The molecular formula is C20H19F3N6O2. The van der Waals surface area contributed by atoms with E-state index in [0.29, 0.717) is 44.4 Å². The molecule has 1 aliphatic heterocycles. The van der Waals surface area contributed by atoms with Gasteiger partial charge in [0.1, 0.15) is 5.82 Å². The molecule has 3 aromatic rings. The van der Waals surface area contributed by atoms with E-state index in [2.05, 4.69) is 20.4 Å². The fourth-order valence-corrected chi connectivity index (χ4v) is 3.53. The summed E-state index contributed by atoms with van der Waals surface area (Å²) >= 11 is 0. The summed E-state index contributed by atoms with van der Waals surface area (Å²) in [5.74, 6) is -0.0106. The number of nitrogens with one attached hydrogen (secondary N) is 1. The number of hydrogen-bond donors (Lipinski definition) is 1. The number of carbonyl (C=O) groups excluding carboxylic acids is 1. The molecule has 162 valence electrons. The van der Waals surface area contributed by atoms with E-state index in [4.69, 9.17) is 0 Å². The van der Waals surface area contributed by atoms with Crippen molar-refractivity contribution in [3.8, 4) is 0 Å². The van der Waals surface area contributed by atoms with Gasteiger partial charge in [-0.25, -0.2) is 9.48 Å². The molecule has 11 heteroatoms. The SMILES string of the molecule is O=C(NC1CCc2nn(Cc3cccnc3)c(=O)n2CC1)c1cncc(C(F)(F)F)c1. The lowest BCUT2D eigenvalue weighted by Gasteiger charge is -2.16. The highest BCUT2D eigenvalue weighted by atomic mass is 19.4. The minimum Gasteiger partial charge on any atom is -0.349 e. The van der Waals surface area contributed by atoms with Gasteiger partial charge in [-0.15, -0.1) is 0 Å². The highest BCUT2D eigenvalue weighted by Gasteiger charge is 2.32. The predicted octanol–water partition coefficient (Wildman–Crippen LogP) is 2.04. The van der Waals surface area contributed by atoms with E-state index in [0.717, 1.165) is 17.8 Å². The summed E-state index contributed by atoms with van der Waals surface area (Å²) in [4.78, 5) is 32.7. The number of alkyl halides is 3. The van der Waals surface area contributed by atoms with E-state index in [1.165, 1.54) is 4.68 Å². The Bertz CT molecular complexity index is 1140. The molecule has 1 N–H and O–H groups in total. The number of fused-ring (bicyclic) bond motifs is 1. The van der Waals surface area contributed by atoms with Crippen molar-refractivity contribution < 1.29 is 18.0 Å². The third-order valence-electron chi connectivity index (χ3n) is 5.14. The second-order valence-corrected chi connectivity index (χ2v) is 7.33. The van der Waals surface area contributed by atoms with Gasteiger partial charge in [-0.1, -0.05) is 6.07 Å². The molecule has 1 amide bonds. The summed E-state index contributed by atoms with van der Waals surface area (Å²) in [5, 5.41) is 7.16. The normalized spacial score (nSPS) is 16.4. The Morgan fingerprint density at radius 2 is 2.03 bits per heavy atom. The topological polar surface area (TPSA) is 94.7 Å². The summed E-state index contributed by atoms with van der Waals surface area (Å²) in [6.45, 7) is 0.669. The van der Waals surface area contributed by atoms with Crippen molar-refractivity contribution in [2.75, 3.05) is 0 Å². The van der Waals surface area contributed by atoms with Crippen LogP contribution in [-0.4, -0.2) is 36.3 Å². The lowest BCUT2D eigenvalue weighted by Crippen LogP contribution is -2.36. The molecule has 0 aromatic carbocycles. The minimum absolute atomic E-state index is 0.157. The van der Waals surface area contributed by atoms with Crippen LogP contribution in [0, 0.1) is 0 Å². The average Bonchev–Trinajstić information content (AvgIpc) is 2.91. The monoisotopic (exact) mass is 432 g/mol. The van der Waals surface area contributed by atoms with Gasteiger partial charge >= 0.3 is 11.9 Å². The number of amides is 1. The van der Waals surface area contributed by atoms with E-state index < -0.39 is 17.6 Å². The maximum Gasteiger partial charge on any atom is 0.417 e. The zero-order valence-electron chi connectivity index (χ0n) is 16.3. The minimum atomic E-state index is -4.57. The van der Waals surface area contributed by atoms with Crippen molar-refractivity contribution >= 4 is 5.91 Å². The van der Waals surface area contributed by atoms with Crippen LogP contribution < -0.4 is 11.0 Å². The van der Waals surface area contributed by atoms with Gasteiger partial charge in [0.2, 0.25) is 0 Å². The molecule has 1 unspecified atom stereocenters. The van der Waals surface area contributed by atoms with Crippen LogP contribution in [0.5, 0.6) is 0 Å². The van der Waals surface area contributed by atoms with Gasteiger partial charge in [-0.3, -0.25) is 19.3 Å². The molecule has 0 saturated carbocycles. The number of nitrogens with zero attached hydrogens (tertiary/aromatic N) is 5. The standard InChI is InChI=1S/C20H19F3N6O2/c21-20(22,23)15-8-14(10-25-11-15)18(30)26-16-3-4-17-27-29(19(31)28(17)7-5-16)12-13-2-1-6-24-9-13/h1-2,6,8-11,16H,3-5,7,12H2,(H,26,30). The van der Waals surface area contributed by atoms with Crippen LogP contribution in [0.15, 0.2) is 47.8 Å². The quantitative estimate of drug-likeness (QED) is 0.681. The third-order valence-corrected chi connectivity index (χ3v) is 5.14. The Morgan fingerprint density at radius 1 is 1.19 bits per heavy atom. The number of rotatable bonds is 4. The number of halogens is 3. The van der Waals surface area contributed by atoms with Crippen LogP contribution in [0.2, 0.25) is 0 Å². The van der Waals surface area contributed by atoms with Crippen LogP contribution in [0.1, 0.15) is 40.2 Å². The summed E-state index contributed by atoms with van der Waals surface area (Å²) < 4.78 is 41.5. The van der Waals surface area contributed by atoms with Crippen molar-refractivity contribution in [3.63, 3.8) is 0 Å². The summed E-state index contributed by atoms with van der Waals surface area (Å²) in [6, 6.07) is 4.13. The van der Waals surface area contributed by atoms with Crippen LogP contribution in [0.25, 0.3) is 0 Å². The molecule has 3 aromatic heterocycles. The van der Waals surface area contributed by atoms with Crippen molar-refractivity contribution in [1.29, 1.82) is 0 Å². The molecule has 4 heterocycles. The number of aryl methyl sites for hydroxylation is 1. The zero-order chi connectivity index (χ0) is 22.0. The van der Waals surface area contributed by atoms with Gasteiger partial charge in [0.25, 0.3) is 5.91 Å². The first kappa shape index (κ1) is 20.8. The van der Waals surface area contributed by atoms with Crippen LogP contribution in [0.3, 0.4) is 0 Å². The highest BCUT2D eigenvalue weighted by molar-refractivity contribution is 5.94. The molecule has 31 heavy (non-hydrogen) atoms. The molecule has 0 bridgehead atoms. The van der Waals surface area contributed by atoms with Gasteiger partial charge in [0.15, 0.2) is 0 Å². The van der Waals surface area contributed by atoms with Crippen molar-refractivity contribution in [1.82, 2.24) is 29.6 Å². The smallest absolute Gasteiger partial charge is 0.349 e. The van der Waals surface area contributed by atoms with Gasteiger partial charge in [0, 0.05) is 43.8 Å². The molecule has 8 nitrogen and oxygen atoms in total. The van der Waals surface area contributed by atoms with Gasteiger partial charge in [-0.05, 0) is 30.5 Å². The Hall–Kier alpha value is -3.50. The first-order valence-electron chi connectivity index (χ1n) is 9.70. The maximum atomic E-state index is 12.9. The Kier molecular flexibility index (Phi) is 5.57. The van der Waals surface area contributed by atoms with Crippen LogP contribution in [-0.2, 0) is 25.7 Å². The molecule has 0 saturated heterocycles. The summed E-state index contributed by atoms with van der Waals surface area (Å²) in [5.41, 5.74) is -0.517. The van der Waals surface area contributed by atoms with Gasteiger partial charge in [0.05, 0.1) is 17.7 Å². The summed E-state index contributed by atoms with van der Waals surface area (Å²) in [6.07, 6.45) is 1.97.